The molecule has 0 unspecified atom stereocenters. The minimum absolute atomic E-state index is 0.568. The molecule has 0 radical (unpaired) electrons. The molecule has 1 aliphatic carbocycles. The Hall–Kier alpha value is -0.900. The zero-order chi connectivity index (χ0) is 14.8. The molecule has 0 atom stereocenters. The van der Waals surface area contributed by atoms with Gasteiger partial charge in [-0.2, -0.15) is 0 Å². The number of nitrogens with zero attached hydrogens (tertiary/aromatic N) is 1. The van der Waals surface area contributed by atoms with Crippen molar-refractivity contribution in [1.82, 2.24) is 4.98 Å². The fourth-order valence-electron chi connectivity index (χ4n) is 3.30. The van der Waals surface area contributed by atoms with Gasteiger partial charge in [-0.25, -0.2) is 4.98 Å². The molecule has 0 saturated heterocycles. The third-order valence-electron chi connectivity index (χ3n) is 4.78. The van der Waals surface area contributed by atoms with Crippen LogP contribution in [-0.4, -0.2) is 16.1 Å². The molecule has 0 amide bonds. The van der Waals surface area contributed by atoms with Crippen molar-refractivity contribution in [3.8, 4) is 0 Å². The number of rotatable bonds is 5. The smallest absolute Gasteiger partial charge is 0.310 e. The summed E-state index contributed by atoms with van der Waals surface area (Å²) in [6.45, 7) is 6.27. The van der Waals surface area contributed by atoms with E-state index in [0.29, 0.717) is 6.42 Å². The number of carboxylic acid groups (broad SMARTS) is 1. The zero-order valence-electron chi connectivity index (χ0n) is 12.7. The second-order valence-electron chi connectivity index (χ2n) is 6.24. The number of aromatic nitrogens is 1. The number of carboxylic acids is 1. The van der Waals surface area contributed by atoms with Crippen LogP contribution in [0.1, 0.15) is 61.0 Å². The van der Waals surface area contributed by atoms with Gasteiger partial charge in [-0.1, -0.05) is 19.8 Å². The predicted octanol–water partition coefficient (Wildman–Crippen LogP) is 4.36. The van der Waals surface area contributed by atoms with Crippen LogP contribution in [0.4, 0.5) is 0 Å². The first kappa shape index (κ1) is 15.5. The van der Waals surface area contributed by atoms with E-state index in [4.69, 9.17) is 0 Å². The van der Waals surface area contributed by atoms with Crippen LogP contribution in [0.3, 0.4) is 0 Å². The molecule has 1 fully saturated rings. The largest absolute Gasteiger partial charge is 0.481 e. The van der Waals surface area contributed by atoms with Gasteiger partial charge in [-0.3, -0.25) is 4.79 Å². The average Bonchev–Trinajstić information content (AvgIpc) is 2.71. The standard InChI is InChI=1S/C16H25NO2S/c1-4-5-13-6-8-16(9-7-13,15(18)19)10-14-17-11(2)12(3)20-14/h13H,4-10H2,1-3H3,(H,18,19). The van der Waals surface area contributed by atoms with Gasteiger partial charge in [-0.05, 0) is 45.4 Å². The van der Waals surface area contributed by atoms with Crippen LogP contribution >= 0.6 is 11.3 Å². The third kappa shape index (κ3) is 3.22. The van der Waals surface area contributed by atoms with Gasteiger partial charge in [0.15, 0.2) is 0 Å². The van der Waals surface area contributed by atoms with Crippen LogP contribution in [0, 0.1) is 25.2 Å². The van der Waals surface area contributed by atoms with Crippen LogP contribution in [0.2, 0.25) is 0 Å². The zero-order valence-corrected chi connectivity index (χ0v) is 13.6. The lowest BCUT2D eigenvalue weighted by Crippen LogP contribution is -2.37. The van der Waals surface area contributed by atoms with E-state index in [1.54, 1.807) is 11.3 Å². The molecule has 3 nitrogen and oxygen atoms in total. The van der Waals surface area contributed by atoms with Crippen LogP contribution in [0.25, 0.3) is 0 Å². The highest BCUT2D eigenvalue weighted by Crippen LogP contribution is 2.43. The summed E-state index contributed by atoms with van der Waals surface area (Å²) in [5.74, 6) is 0.102. The van der Waals surface area contributed by atoms with Gasteiger partial charge in [0.05, 0.1) is 16.1 Å². The number of hydrogen-bond acceptors (Lipinski definition) is 3. The van der Waals surface area contributed by atoms with Gasteiger partial charge in [-0.15, -0.1) is 11.3 Å². The van der Waals surface area contributed by atoms with Crippen molar-refractivity contribution in [2.45, 2.75) is 65.7 Å². The molecular weight excluding hydrogens is 270 g/mol. The summed E-state index contributed by atoms with van der Waals surface area (Å²) in [4.78, 5) is 17.6. The second-order valence-corrected chi connectivity index (χ2v) is 7.53. The summed E-state index contributed by atoms with van der Waals surface area (Å²) in [6.07, 6.45) is 6.80. The normalized spacial score (nSPS) is 26.6. The molecule has 1 aliphatic rings. The monoisotopic (exact) mass is 295 g/mol. The SMILES string of the molecule is CCCC1CCC(Cc2nc(C)c(C)s2)(C(=O)O)CC1. The Morgan fingerprint density at radius 1 is 1.40 bits per heavy atom. The molecule has 4 heteroatoms. The third-order valence-corrected chi connectivity index (χ3v) is 5.85. The maximum Gasteiger partial charge on any atom is 0.310 e. The van der Waals surface area contributed by atoms with Gasteiger partial charge >= 0.3 is 5.97 Å². The molecule has 1 saturated carbocycles. The Balaban J connectivity index is 2.09. The van der Waals surface area contributed by atoms with Crippen molar-refractivity contribution < 1.29 is 9.90 Å². The van der Waals surface area contributed by atoms with Crippen molar-refractivity contribution >= 4 is 17.3 Å². The topological polar surface area (TPSA) is 50.2 Å². The van der Waals surface area contributed by atoms with Gasteiger partial charge in [0.25, 0.3) is 0 Å². The highest BCUT2D eigenvalue weighted by molar-refractivity contribution is 7.11. The van der Waals surface area contributed by atoms with Crippen molar-refractivity contribution in [3.63, 3.8) is 0 Å². The molecular formula is C16H25NO2S. The highest BCUT2D eigenvalue weighted by atomic mass is 32.1. The molecule has 2 rings (SSSR count). The van der Waals surface area contributed by atoms with Gasteiger partial charge in [0.1, 0.15) is 0 Å². The van der Waals surface area contributed by atoms with Crippen molar-refractivity contribution in [2.24, 2.45) is 11.3 Å². The summed E-state index contributed by atoms with van der Waals surface area (Å²) < 4.78 is 0. The van der Waals surface area contributed by atoms with Gasteiger partial charge in [0, 0.05) is 11.3 Å². The van der Waals surface area contributed by atoms with Crippen LogP contribution in [-0.2, 0) is 11.2 Å². The number of thiazole rings is 1. The first-order valence-corrected chi connectivity index (χ1v) is 8.45. The molecule has 0 aliphatic heterocycles. The lowest BCUT2D eigenvalue weighted by atomic mass is 9.68. The Morgan fingerprint density at radius 3 is 2.50 bits per heavy atom. The molecule has 0 spiro atoms. The Bertz CT molecular complexity index is 453. The first-order valence-electron chi connectivity index (χ1n) is 7.63. The molecule has 1 N–H and O–H groups in total. The van der Waals surface area contributed by atoms with Crippen LogP contribution in [0.15, 0.2) is 0 Å². The highest BCUT2D eigenvalue weighted by Gasteiger charge is 2.42. The number of aliphatic carboxylic acids is 1. The summed E-state index contributed by atoms with van der Waals surface area (Å²) in [5, 5.41) is 10.7. The van der Waals surface area contributed by atoms with E-state index in [2.05, 4.69) is 18.8 Å². The fraction of sp³-hybridized carbons (Fsp3) is 0.750. The minimum atomic E-state index is -0.627. The van der Waals surface area contributed by atoms with E-state index in [9.17, 15) is 9.90 Å². The van der Waals surface area contributed by atoms with Crippen molar-refractivity contribution in [1.29, 1.82) is 0 Å². The lowest BCUT2D eigenvalue weighted by Gasteiger charge is -2.36. The maximum atomic E-state index is 11.8. The average molecular weight is 295 g/mol. The van der Waals surface area contributed by atoms with Gasteiger partial charge < -0.3 is 5.11 Å². The van der Waals surface area contributed by atoms with E-state index in [-0.39, 0.29) is 0 Å². The van der Waals surface area contributed by atoms with Gasteiger partial charge in [0.2, 0.25) is 0 Å². The second kappa shape index (κ2) is 6.25. The number of carbonyl (C=O) groups is 1. The van der Waals surface area contributed by atoms with Crippen LogP contribution < -0.4 is 0 Å². The number of aryl methyl sites for hydroxylation is 2. The molecule has 20 heavy (non-hydrogen) atoms. The van der Waals surface area contributed by atoms with Crippen LogP contribution in [0.5, 0.6) is 0 Å². The molecule has 0 aromatic carbocycles. The molecule has 112 valence electrons. The van der Waals surface area contributed by atoms with E-state index in [1.807, 2.05) is 6.92 Å². The van der Waals surface area contributed by atoms with E-state index in [1.165, 1.54) is 17.7 Å². The van der Waals surface area contributed by atoms with Crippen molar-refractivity contribution in [2.75, 3.05) is 0 Å². The van der Waals surface area contributed by atoms with Crippen molar-refractivity contribution in [3.05, 3.63) is 15.6 Å². The Labute approximate surface area is 125 Å². The molecule has 1 aromatic heterocycles. The van der Waals surface area contributed by atoms with E-state index < -0.39 is 11.4 Å². The van der Waals surface area contributed by atoms with E-state index in [0.717, 1.165) is 42.3 Å². The summed E-state index contributed by atoms with van der Waals surface area (Å²) >= 11 is 1.66. The van der Waals surface area contributed by atoms with E-state index >= 15 is 0 Å². The maximum absolute atomic E-state index is 11.8. The quantitative estimate of drug-likeness (QED) is 0.878. The first-order chi connectivity index (χ1) is 9.47. The Kier molecular flexibility index (Phi) is 4.84. The summed E-state index contributed by atoms with van der Waals surface area (Å²) in [7, 11) is 0. The fourth-order valence-corrected chi connectivity index (χ4v) is 4.38. The Morgan fingerprint density at radius 2 is 2.05 bits per heavy atom. The summed E-state index contributed by atoms with van der Waals surface area (Å²) in [5.41, 5.74) is 0.478. The molecule has 1 aromatic rings. The molecule has 0 bridgehead atoms. The lowest BCUT2D eigenvalue weighted by molar-refractivity contribution is -0.151. The molecule has 1 heterocycles. The minimum Gasteiger partial charge on any atom is -0.481 e. The predicted molar refractivity (Wildman–Crippen MR) is 82.2 cm³/mol. The number of hydrogen-bond donors (Lipinski definition) is 1. The summed E-state index contributed by atoms with van der Waals surface area (Å²) in [6, 6.07) is 0.